The number of fused-ring (bicyclic) bond motifs is 1. The maximum atomic E-state index is 12.3. The lowest BCUT2D eigenvalue weighted by Gasteiger charge is -2.07. The molecule has 118 valence electrons. The monoisotopic (exact) mass is 348 g/mol. The highest BCUT2D eigenvalue weighted by Gasteiger charge is 2.15. The van der Waals surface area contributed by atoms with Gasteiger partial charge in [-0.3, -0.25) is 14.7 Å². The van der Waals surface area contributed by atoms with E-state index in [-0.39, 0.29) is 4.90 Å². The Morgan fingerprint density at radius 2 is 1.78 bits per heavy atom. The summed E-state index contributed by atoms with van der Waals surface area (Å²) < 4.78 is 27.9. The van der Waals surface area contributed by atoms with Gasteiger partial charge in [0.05, 0.1) is 9.77 Å². The third-order valence-corrected chi connectivity index (χ3v) is 5.66. The molecule has 0 radical (unpaired) electrons. The summed E-state index contributed by atoms with van der Waals surface area (Å²) in [5.74, 6) is -0.599. The molecule has 0 aliphatic heterocycles. The molecule has 0 fully saturated rings. The van der Waals surface area contributed by atoms with Gasteiger partial charge in [-0.25, -0.2) is 13.9 Å². The molecule has 0 saturated carbocycles. The van der Waals surface area contributed by atoms with Crippen molar-refractivity contribution in [3.05, 3.63) is 59.5 Å². The summed E-state index contributed by atoms with van der Waals surface area (Å²) in [7, 11) is -3.66. The van der Waals surface area contributed by atoms with Gasteiger partial charge in [0.1, 0.15) is 0 Å². The molecule has 1 amide bonds. The summed E-state index contributed by atoms with van der Waals surface area (Å²) in [6.45, 7) is 0. The van der Waals surface area contributed by atoms with Crippen LogP contribution in [0, 0.1) is 0 Å². The molecule has 1 aromatic heterocycles. The van der Waals surface area contributed by atoms with E-state index in [0.29, 0.717) is 16.0 Å². The van der Waals surface area contributed by atoms with Crippen LogP contribution in [0.2, 0.25) is 0 Å². The van der Waals surface area contributed by atoms with Crippen molar-refractivity contribution in [1.82, 2.24) is 5.48 Å². The number of anilines is 1. The Hall–Kier alpha value is -2.42. The van der Waals surface area contributed by atoms with E-state index in [1.807, 2.05) is 0 Å². The summed E-state index contributed by atoms with van der Waals surface area (Å²) in [5, 5.41) is 9.37. The molecule has 6 nitrogen and oxygen atoms in total. The van der Waals surface area contributed by atoms with Crippen LogP contribution < -0.4 is 10.2 Å². The van der Waals surface area contributed by atoms with E-state index in [9.17, 15) is 13.2 Å². The summed E-state index contributed by atoms with van der Waals surface area (Å²) in [4.78, 5) is 11.9. The predicted octanol–water partition coefficient (Wildman–Crippen LogP) is 2.82. The Morgan fingerprint density at radius 1 is 1.04 bits per heavy atom. The lowest BCUT2D eigenvalue weighted by Crippen LogP contribution is -2.16. The highest BCUT2D eigenvalue weighted by Crippen LogP contribution is 2.29. The predicted molar refractivity (Wildman–Crippen MR) is 88.3 cm³/mol. The molecular formula is C15H12N2O4S2. The van der Waals surface area contributed by atoms with Crippen molar-refractivity contribution in [1.29, 1.82) is 0 Å². The molecular weight excluding hydrogens is 336 g/mol. The first kappa shape index (κ1) is 15.5. The van der Waals surface area contributed by atoms with Crippen molar-refractivity contribution in [3.63, 3.8) is 0 Å². The first-order valence-electron chi connectivity index (χ1n) is 6.55. The van der Waals surface area contributed by atoms with E-state index in [2.05, 4.69) is 4.72 Å². The molecule has 3 N–H and O–H groups in total. The second-order valence-corrected chi connectivity index (χ2v) is 7.49. The summed E-state index contributed by atoms with van der Waals surface area (Å²) in [5.41, 5.74) is 1.97. The Bertz CT molecular complexity index is 966. The lowest BCUT2D eigenvalue weighted by atomic mass is 10.2. The fourth-order valence-electron chi connectivity index (χ4n) is 2.09. The topological polar surface area (TPSA) is 95.5 Å². The second-order valence-electron chi connectivity index (χ2n) is 4.72. The van der Waals surface area contributed by atoms with Crippen LogP contribution in [0.25, 0.3) is 10.1 Å². The zero-order valence-electron chi connectivity index (χ0n) is 11.7. The van der Waals surface area contributed by atoms with Gasteiger partial charge in [-0.05, 0) is 41.8 Å². The molecule has 23 heavy (non-hydrogen) atoms. The van der Waals surface area contributed by atoms with E-state index in [1.165, 1.54) is 23.5 Å². The van der Waals surface area contributed by atoms with Crippen LogP contribution in [0.1, 0.15) is 9.67 Å². The number of benzene rings is 2. The van der Waals surface area contributed by atoms with E-state index in [4.69, 9.17) is 5.21 Å². The highest BCUT2D eigenvalue weighted by molar-refractivity contribution is 7.92. The Morgan fingerprint density at radius 3 is 2.48 bits per heavy atom. The van der Waals surface area contributed by atoms with Gasteiger partial charge in [0.15, 0.2) is 0 Å². The van der Waals surface area contributed by atoms with Crippen molar-refractivity contribution in [3.8, 4) is 0 Å². The summed E-state index contributed by atoms with van der Waals surface area (Å²) >= 11 is 1.20. The number of nitrogens with one attached hydrogen (secondary N) is 2. The SMILES string of the molecule is O=C(NO)c1cc2cc(NS(=O)(=O)c3ccccc3)ccc2s1. The molecule has 8 heteroatoms. The number of sulfonamides is 1. The molecule has 0 unspecified atom stereocenters. The fourth-order valence-corrected chi connectivity index (χ4v) is 4.09. The molecule has 0 spiro atoms. The molecule has 3 rings (SSSR count). The molecule has 0 atom stereocenters. The molecule has 1 heterocycles. The minimum atomic E-state index is -3.66. The van der Waals surface area contributed by atoms with Gasteiger partial charge >= 0.3 is 0 Å². The van der Waals surface area contributed by atoms with E-state index in [1.54, 1.807) is 47.9 Å². The minimum Gasteiger partial charge on any atom is -0.288 e. The largest absolute Gasteiger partial charge is 0.288 e. The number of hydrogen-bond acceptors (Lipinski definition) is 5. The fraction of sp³-hybridized carbons (Fsp3) is 0. The number of rotatable bonds is 4. The zero-order chi connectivity index (χ0) is 16.4. The van der Waals surface area contributed by atoms with Crippen LogP contribution in [-0.4, -0.2) is 19.5 Å². The number of amides is 1. The first-order chi connectivity index (χ1) is 11.0. The highest BCUT2D eigenvalue weighted by atomic mass is 32.2. The van der Waals surface area contributed by atoms with Crippen LogP contribution in [0.5, 0.6) is 0 Å². The third kappa shape index (κ3) is 3.19. The van der Waals surface area contributed by atoms with Crippen molar-refractivity contribution in [2.45, 2.75) is 4.90 Å². The van der Waals surface area contributed by atoms with Gasteiger partial charge in [-0.15, -0.1) is 11.3 Å². The first-order valence-corrected chi connectivity index (χ1v) is 8.85. The van der Waals surface area contributed by atoms with E-state index >= 15 is 0 Å². The summed E-state index contributed by atoms with van der Waals surface area (Å²) in [6, 6.07) is 14.6. The van der Waals surface area contributed by atoms with Gasteiger partial charge in [0.25, 0.3) is 15.9 Å². The minimum absolute atomic E-state index is 0.172. The number of carbonyl (C=O) groups is 1. The molecule has 0 saturated heterocycles. The van der Waals surface area contributed by atoms with E-state index in [0.717, 1.165) is 4.70 Å². The quantitative estimate of drug-likeness (QED) is 0.499. The molecule has 0 aliphatic rings. The van der Waals surface area contributed by atoms with Gasteiger partial charge in [0.2, 0.25) is 0 Å². The van der Waals surface area contributed by atoms with Crippen molar-refractivity contribution in [2.24, 2.45) is 0 Å². The van der Waals surface area contributed by atoms with Crippen molar-refractivity contribution in [2.75, 3.05) is 4.72 Å². The van der Waals surface area contributed by atoms with E-state index < -0.39 is 15.9 Å². The third-order valence-electron chi connectivity index (χ3n) is 3.15. The molecule has 2 aromatic carbocycles. The van der Waals surface area contributed by atoms with Crippen LogP contribution in [0.15, 0.2) is 59.5 Å². The van der Waals surface area contributed by atoms with Crippen LogP contribution in [0.3, 0.4) is 0 Å². The lowest BCUT2D eigenvalue weighted by molar-refractivity contribution is 0.0711. The van der Waals surface area contributed by atoms with Crippen LogP contribution in [-0.2, 0) is 10.0 Å². The average molecular weight is 348 g/mol. The molecule has 0 bridgehead atoms. The Balaban J connectivity index is 1.93. The van der Waals surface area contributed by atoms with Crippen LogP contribution in [0.4, 0.5) is 5.69 Å². The van der Waals surface area contributed by atoms with Gasteiger partial charge in [0, 0.05) is 10.4 Å². The van der Waals surface area contributed by atoms with Crippen LogP contribution >= 0.6 is 11.3 Å². The molecule has 0 aliphatic carbocycles. The number of thiophene rings is 1. The summed E-state index contributed by atoms with van der Waals surface area (Å²) in [6.07, 6.45) is 0. The number of carbonyl (C=O) groups excluding carboxylic acids is 1. The van der Waals surface area contributed by atoms with Gasteiger partial charge < -0.3 is 0 Å². The van der Waals surface area contributed by atoms with Crippen molar-refractivity contribution >= 4 is 43.0 Å². The average Bonchev–Trinajstić information content (AvgIpc) is 2.98. The number of hydrogen-bond donors (Lipinski definition) is 3. The normalized spacial score (nSPS) is 11.3. The second kappa shape index (κ2) is 5.99. The Kier molecular flexibility index (Phi) is 4.03. The maximum Gasteiger partial charge on any atom is 0.284 e. The smallest absolute Gasteiger partial charge is 0.284 e. The number of hydroxylamine groups is 1. The maximum absolute atomic E-state index is 12.3. The molecule has 3 aromatic rings. The Labute approximate surface area is 136 Å². The zero-order valence-corrected chi connectivity index (χ0v) is 13.3. The van der Waals surface area contributed by atoms with Crippen molar-refractivity contribution < 1.29 is 18.4 Å². The van der Waals surface area contributed by atoms with Gasteiger partial charge in [-0.1, -0.05) is 18.2 Å². The standard InChI is InChI=1S/C15H12N2O4S2/c18-15(16-19)14-9-10-8-11(6-7-13(10)22-14)17-23(20,21)12-4-2-1-3-5-12/h1-9,17,19H,(H,16,18). The van der Waals surface area contributed by atoms with Gasteiger partial charge in [-0.2, -0.15) is 0 Å².